The van der Waals surface area contributed by atoms with Gasteiger partial charge in [0.05, 0.1) is 17.4 Å². The van der Waals surface area contributed by atoms with Crippen molar-refractivity contribution in [2.75, 3.05) is 19.8 Å². The largest absolute Gasteiger partial charge is 0.468 e. The number of alkyl halides is 3. The molecule has 0 aliphatic carbocycles. The van der Waals surface area contributed by atoms with Crippen LogP contribution in [0.3, 0.4) is 0 Å². The van der Waals surface area contributed by atoms with E-state index in [0.717, 1.165) is 0 Å². The topological polar surface area (TPSA) is 102 Å². The second kappa shape index (κ2) is 9.08. The number of rotatable bonds is 8. The number of aliphatic hydroxyl groups is 1. The molecule has 1 amide bonds. The van der Waals surface area contributed by atoms with Gasteiger partial charge in [-0.05, 0) is 31.0 Å². The number of aromatic nitrogens is 4. The molecular weight excluding hydrogens is 403 g/mol. The average molecular weight is 423 g/mol. The zero-order valence-corrected chi connectivity index (χ0v) is 16.1. The Hall–Kier alpha value is -3.21. The number of carbonyl (C=O) groups is 1. The molecule has 0 saturated carbocycles. The van der Waals surface area contributed by atoms with E-state index >= 15 is 0 Å². The Balaban J connectivity index is 1.75. The zero-order chi connectivity index (χ0) is 21.7. The quantitative estimate of drug-likeness (QED) is 0.539. The van der Waals surface area contributed by atoms with Gasteiger partial charge < -0.3 is 15.2 Å². The summed E-state index contributed by atoms with van der Waals surface area (Å²) in [5.74, 6) is -0.440. The molecule has 0 atom stereocenters. The van der Waals surface area contributed by atoms with Crippen LogP contribution in [0.2, 0.25) is 0 Å². The molecule has 0 aliphatic rings. The Bertz CT molecular complexity index is 1040. The Morgan fingerprint density at radius 3 is 2.83 bits per heavy atom. The van der Waals surface area contributed by atoms with Crippen molar-refractivity contribution in [1.82, 2.24) is 25.1 Å². The second-order valence-electron chi connectivity index (χ2n) is 6.62. The van der Waals surface area contributed by atoms with Crippen molar-refractivity contribution in [2.45, 2.75) is 26.1 Å². The van der Waals surface area contributed by atoms with Gasteiger partial charge in [0.25, 0.3) is 5.91 Å². The highest BCUT2D eigenvalue weighted by Crippen LogP contribution is 2.21. The van der Waals surface area contributed by atoms with Crippen LogP contribution in [-0.2, 0) is 6.54 Å². The molecule has 0 unspecified atom stereocenters. The van der Waals surface area contributed by atoms with Gasteiger partial charge in [-0.15, -0.1) is 0 Å². The maximum atomic E-state index is 12.3. The summed E-state index contributed by atoms with van der Waals surface area (Å²) in [6.45, 7) is 0.813. The van der Waals surface area contributed by atoms with Gasteiger partial charge in [-0.25, -0.2) is 4.98 Å². The predicted molar refractivity (Wildman–Crippen MR) is 101 cm³/mol. The molecule has 3 aromatic rings. The fourth-order valence-electron chi connectivity index (χ4n) is 2.82. The lowest BCUT2D eigenvalue weighted by Crippen LogP contribution is -2.26. The molecule has 0 spiro atoms. The Morgan fingerprint density at radius 2 is 2.13 bits per heavy atom. The summed E-state index contributed by atoms with van der Waals surface area (Å²) < 4.78 is 43.2. The molecule has 0 radical (unpaired) electrons. The van der Waals surface area contributed by atoms with Crippen LogP contribution in [0, 0.1) is 6.92 Å². The van der Waals surface area contributed by atoms with Crippen molar-refractivity contribution >= 4 is 16.8 Å². The van der Waals surface area contributed by atoms with Crippen molar-refractivity contribution in [1.29, 1.82) is 0 Å². The minimum Gasteiger partial charge on any atom is -0.468 e. The predicted octanol–water partition coefficient (Wildman–Crippen LogP) is 2.24. The highest BCUT2D eigenvalue weighted by atomic mass is 19.4. The minimum atomic E-state index is -4.43. The van der Waals surface area contributed by atoms with Crippen LogP contribution in [0.5, 0.6) is 5.88 Å². The molecule has 2 N–H and O–H groups in total. The van der Waals surface area contributed by atoms with Crippen molar-refractivity contribution in [3.63, 3.8) is 0 Å². The first kappa shape index (κ1) is 21.5. The number of fused-ring (bicyclic) bond motifs is 1. The first-order valence-electron chi connectivity index (χ1n) is 9.13. The first-order chi connectivity index (χ1) is 14.3. The van der Waals surface area contributed by atoms with Gasteiger partial charge >= 0.3 is 6.18 Å². The summed E-state index contributed by atoms with van der Waals surface area (Å²) in [6.07, 6.45) is 0.589. The molecule has 3 heterocycles. The van der Waals surface area contributed by atoms with Crippen molar-refractivity contribution in [3.8, 4) is 5.88 Å². The fraction of sp³-hybridized carbons (Fsp3) is 0.368. The van der Waals surface area contributed by atoms with E-state index in [0.29, 0.717) is 41.5 Å². The maximum Gasteiger partial charge on any atom is 0.422 e. The lowest BCUT2D eigenvalue weighted by molar-refractivity contribution is -0.154. The minimum absolute atomic E-state index is 0.0245. The number of ether oxygens (including phenoxy) is 1. The fourth-order valence-corrected chi connectivity index (χ4v) is 2.82. The number of aryl methyl sites for hydroxylation is 1. The van der Waals surface area contributed by atoms with Gasteiger partial charge in [-0.3, -0.25) is 14.5 Å². The maximum absolute atomic E-state index is 12.3. The van der Waals surface area contributed by atoms with E-state index in [1.54, 1.807) is 29.9 Å². The Kier molecular flexibility index (Phi) is 6.50. The van der Waals surface area contributed by atoms with Crippen LogP contribution < -0.4 is 10.1 Å². The number of pyridine rings is 2. The van der Waals surface area contributed by atoms with E-state index in [1.807, 2.05) is 0 Å². The molecule has 0 aliphatic heterocycles. The standard InChI is InChI=1S/C19H20F3N5O3/c1-12-7-13(8-25-18(12)30-11-19(20,21)22)9-27-10-14-15(26-27)3-5-23-16(14)17(29)24-4-2-6-28/h3,5,7-8,10,28H,2,4,6,9,11H2,1H3,(H,24,29). The first-order valence-corrected chi connectivity index (χ1v) is 9.13. The van der Waals surface area contributed by atoms with E-state index in [9.17, 15) is 18.0 Å². The lowest BCUT2D eigenvalue weighted by atomic mass is 10.2. The number of aliphatic hydroxyl groups excluding tert-OH is 1. The highest BCUT2D eigenvalue weighted by molar-refractivity contribution is 6.04. The smallest absolute Gasteiger partial charge is 0.422 e. The van der Waals surface area contributed by atoms with Crippen molar-refractivity contribution in [3.05, 3.63) is 47.5 Å². The molecule has 0 fully saturated rings. The van der Waals surface area contributed by atoms with Gasteiger partial charge in [0, 0.05) is 37.3 Å². The summed E-state index contributed by atoms with van der Waals surface area (Å²) in [7, 11) is 0. The molecule has 3 rings (SSSR count). The van der Waals surface area contributed by atoms with E-state index in [2.05, 4.69) is 20.4 Å². The van der Waals surface area contributed by atoms with Crippen LogP contribution in [0.4, 0.5) is 13.2 Å². The molecule has 30 heavy (non-hydrogen) atoms. The number of nitrogens with zero attached hydrogens (tertiary/aromatic N) is 4. The van der Waals surface area contributed by atoms with Gasteiger partial charge in [0.1, 0.15) is 5.69 Å². The third-order valence-electron chi connectivity index (χ3n) is 4.12. The number of amides is 1. The lowest BCUT2D eigenvalue weighted by Gasteiger charge is -2.11. The summed E-state index contributed by atoms with van der Waals surface area (Å²) in [5, 5.41) is 16.5. The second-order valence-corrected chi connectivity index (χ2v) is 6.62. The SMILES string of the molecule is Cc1cc(Cn2cc3c(C(=O)NCCCO)nccc3n2)cnc1OCC(F)(F)F. The number of carbonyl (C=O) groups excluding carboxylic acids is 1. The van der Waals surface area contributed by atoms with E-state index < -0.39 is 12.8 Å². The molecule has 11 heteroatoms. The summed E-state index contributed by atoms with van der Waals surface area (Å²) >= 11 is 0. The third kappa shape index (κ3) is 5.44. The highest BCUT2D eigenvalue weighted by Gasteiger charge is 2.29. The molecule has 0 aromatic carbocycles. The molecule has 3 aromatic heterocycles. The van der Waals surface area contributed by atoms with Gasteiger partial charge in [-0.1, -0.05) is 0 Å². The monoisotopic (exact) mass is 423 g/mol. The van der Waals surface area contributed by atoms with Crippen LogP contribution >= 0.6 is 0 Å². The molecule has 8 nitrogen and oxygen atoms in total. The Labute approximate surface area is 169 Å². The zero-order valence-electron chi connectivity index (χ0n) is 16.1. The summed E-state index contributed by atoms with van der Waals surface area (Å²) in [6, 6.07) is 3.35. The van der Waals surface area contributed by atoms with Gasteiger partial charge in [0.2, 0.25) is 5.88 Å². The summed E-state index contributed by atoms with van der Waals surface area (Å²) in [4.78, 5) is 20.4. The molecule has 0 saturated heterocycles. The van der Waals surface area contributed by atoms with E-state index in [-0.39, 0.29) is 24.1 Å². The Morgan fingerprint density at radius 1 is 1.33 bits per heavy atom. The van der Waals surface area contributed by atoms with Crippen LogP contribution in [-0.4, -0.2) is 56.7 Å². The van der Waals surface area contributed by atoms with E-state index in [1.165, 1.54) is 12.4 Å². The molecule has 0 bridgehead atoms. The number of nitrogens with one attached hydrogen (secondary N) is 1. The summed E-state index contributed by atoms with van der Waals surface area (Å²) in [5.41, 5.74) is 1.98. The van der Waals surface area contributed by atoms with Crippen molar-refractivity contribution < 1.29 is 27.8 Å². The van der Waals surface area contributed by atoms with E-state index in [4.69, 9.17) is 9.84 Å². The molecule has 160 valence electrons. The third-order valence-corrected chi connectivity index (χ3v) is 4.12. The normalized spacial score (nSPS) is 11.6. The van der Waals surface area contributed by atoms with Gasteiger partial charge in [-0.2, -0.15) is 18.3 Å². The van der Waals surface area contributed by atoms with Crippen LogP contribution in [0.1, 0.15) is 28.0 Å². The van der Waals surface area contributed by atoms with Crippen LogP contribution in [0.15, 0.2) is 30.7 Å². The molecular formula is C19H20F3N5O3. The number of hydrogen-bond donors (Lipinski definition) is 2. The van der Waals surface area contributed by atoms with Gasteiger partial charge in [0.15, 0.2) is 6.61 Å². The number of halogens is 3. The van der Waals surface area contributed by atoms with Crippen molar-refractivity contribution in [2.24, 2.45) is 0 Å². The average Bonchev–Trinajstić information content (AvgIpc) is 3.09. The number of hydrogen-bond acceptors (Lipinski definition) is 6. The van der Waals surface area contributed by atoms with Crippen LogP contribution in [0.25, 0.3) is 10.9 Å².